The Kier molecular flexibility index (Phi) is 6.55. The van der Waals surface area contributed by atoms with E-state index in [9.17, 15) is 5.11 Å². The first-order valence-electron chi connectivity index (χ1n) is 15.3. The second-order valence-corrected chi connectivity index (χ2v) is 14.5. The van der Waals surface area contributed by atoms with Gasteiger partial charge in [-0.15, -0.1) is 0 Å². The van der Waals surface area contributed by atoms with Crippen LogP contribution in [0.5, 0.6) is 0 Å². The van der Waals surface area contributed by atoms with E-state index in [-0.39, 0.29) is 11.7 Å². The number of hydrogen-bond donors (Lipinski definition) is 1. The monoisotopic (exact) mass is 496 g/mol. The molecule has 4 heteroatoms. The second kappa shape index (κ2) is 9.21. The van der Waals surface area contributed by atoms with Crippen molar-refractivity contribution < 1.29 is 9.84 Å². The van der Waals surface area contributed by atoms with Crippen molar-refractivity contribution in [1.82, 2.24) is 9.80 Å². The highest BCUT2D eigenvalue weighted by atomic mass is 16.5. The molecular formula is C32H52N2O2. The van der Waals surface area contributed by atoms with Crippen LogP contribution in [0.4, 0.5) is 0 Å². The number of rotatable bonds is 3. The van der Waals surface area contributed by atoms with Crippen LogP contribution in [0.3, 0.4) is 0 Å². The molecule has 6 rings (SSSR count). The van der Waals surface area contributed by atoms with Crippen LogP contribution < -0.4 is 0 Å². The minimum Gasteiger partial charge on any atom is -0.389 e. The highest BCUT2D eigenvalue weighted by Crippen LogP contribution is 2.64. The van der Waals surface area contributed by atoms with E-state index in [1.165, 1.54) is 51.5 Å². The molecule has 6 aliphatic rings. The fourth-order valence-corrected chi connectivity index (χ4v) is 10.2. The lowest BCUT2D eigenvalue weighted by molar-refractivity contribution is -0.0795. The SMILES string of the molecule is CC1=C2C[C@H]3[C@@H](CCC4=C[C@@H](O)CC[C@@]43C)[C@@H]2CC[C@@]2(C1)O[C@@H]1C[C@H](C)CN(CCN(C)C)[C@H]1[C@H]2C. The van der Waals surface area contributed by atoms with E-state index in [2.05, 4.69) is 57.7 Å². The summed E-state index contributed by atoms with van der Waals surface area (Å²) < 4.78 is 7.26. The van der Waals surface area contributed by atoms with Gasteiger partial charge in [-0.05, 0) is 108 Å². The zero-order valence-corrected chi connectivity index (χ0v) is 23.9. The molecule has 0 unspecified atom stereocenters. The Morgan fingerprint density at radius 3 is 2.75 bits per heavy atom. The van der Waals surface area contributed by atoms with Gasteiger partial charge in [0, 0.05) is 31.6 Å². The van der Waals surface area contributed by atoms with Crippen LogP contribution >= 0.6 is 0 Å². The maximum atomic E-state index is 10.3. The quantitative estimate of drug-likeness (QED) is 0.511. The number of allylic oxidation sites excluding steroid dienone is 2. The van der Waals surface area contributed by atoms with E-state index >= 15 is 0 Å². The summed E-state index contributed by atoms with van der Waals surface area (Å²) in [7, 11) is 4.40. The maximum absolute atomic E-state index is 10.3. The highest BCUT2D eigenvalue weighted by Gasteiger charge is 2.59. The van der Waals surface area contributed by atoms with Gasteiger partial charge in [0.2, 0.25) is 0 Å². The van der Waals surface area contributed by atoms with E-state index in [0.29, 0.717) is 23.5 Å². The molecule has 2 heterocycles. The van der Waals surface area contributed by atoms with Crippen LogP contribution in [0.15, 0.2) is 22.8 Å². The van der Waals surface area contributed by atoms with Crippen LogP contribution in [0.1, 0.15) is 85.5 Å². The summed E-state index contributed by atoms with van der Waals surface area (Å²) in [6.07, 6.45) is 13.3. The third-order valence-electron chi connectivity index (χ3n) is 12.1. The van der Waals surface area contributed by atoms with Gasteiger partial charge in [-0.2, -0.15) is 0 Å². The summed E-state index contributed by atoms with van der Waals surface area (Å²) in [6, 6.07) is 0.583. The lowest BCUT2D eigenvalue weighted by Gasteiger charge is -2.49. The summed E-state index contributed by atoms with van der Waals surface area (Å²) in [5.41, 5.74) is 5.42. The minimum absolute atomic E-state index is 0.0330. The van der Waals surface area contributed by atoms with Crippen molar-refractivity contribution >= 4 is 0 Å². The number of aliphatic hydroxyl groups is 1. The zero-order chi connectivity index (χ0) is 25.4. The summed E-state index contributed by atoms with van der Waals surface area (Å²) in [6.45, 7) is 13.5. The number of hydrogen-bond acceptors (Lipinski definition) is 4. The van der Waals surface area contributed by atoms with Crippen molar-refractivity contribution in [3.63, 3.8) is 0 Å². The second-order valence-electron chi connectivity index (χ2n) is 14.5. The molecule has 0 bridgehead atoms. The average Bonchev–Trinajstić information content (AvgIpc) is 3.28. The summed E-state index contributed by atoms with van der Waals surface area (Å²) in [5, 5.41) is 10.3. The molecule has 2 saturated heterocycles. The highest BCUT2D eigenvalue weighted by molar-refractivity contribution is 5.33. The van der Waals surface area contributed by atoms with E-state index in [4.69, 9.17) is 4.74 Å². The Hall–Kier alpha value is -0.680. The molecule has 2 saturated carbocycles. The summed E-state index contributed by atoms with van der Waals surface area (Å²) >= 11 is 0. The molecule has 0 radical (unpaired) electrons. The predicted octanol–water partition coefficient (Wildman–Crippen LogP) is 5.67. The Bertz CT molecular complexity index is 925. The number of aliphatic hydroxyl groups excluding tert-OH is 1. The maximum Gasteiger partial charge on any atom is 0.0765 e. The largest absolute Gasteiger partial charge is 0.389 e. The molecule has 4 nitrogen and oxygen atoms in total. The van der Waals surface area contributed by atoms with Gasteiger partial charge in [0.15, 0.2) is 0 Å². The van der Waals surface area contributed by atoms with Crippen LogP contribution in [-0.2, 0) is 4.74 Å². The van der Waals surface area contributed by atoms with E-state index in [1.54, 1.807) is 11.1 Å². The van der Waals surface area contributed by atoms with Gasteiger partial charge in [0.1, 0.15) is 0 Å². The molecule has 0 aromatic heterocycles. The van der Waals surface area contributed by atoms with Gasteiger partial charge in [-0.3, -0.25) is 4.90 Å². The van der Waals surface area contributed by atoms with Crippen LogP contribution in [-0.4, -0.2) is 72.5 Å². The molecule has 2 aliphatic heterocycles. The summed E-state index contributed by atoms with van der Waals surface area (Å²) in [5.74, 6) is 3.70. The molecule has 10 atom stereocenters. The molecule has 202 valence electrons. The van der Waals surface area contributed by atoms with Crippen molar-refractivity contribution in [3.8, 4) is 0 Å². The molecule has 4 fully saturated rings. The molecular weight excluding hydrogens is 444 g/mol. The smallest absolute Gasteiger partial charge is 0.0765 e. The van der Waals surface area contributed by atoms with Crippen molar-refractivity contribution in [2.75, 3.05) is 33.7 Å². The third-order valence-corrected chi connectivity index (χ3v) is 12.1. The Morgan fingerprint density at radius 2 is 1.97 bits per heavy atom. The standard InChI is InChI=1S/C32H52N2O2/c1-20-15-29-30(34(19-20)14-13-33(5)6)22(3)32(36-29)12-10-25-26-8-7-23-16-24(35)9-11-31(23,4)28(26)17-27(25)21(2)18-32/h16,20,22,24-26,28-30,35H,7-15,17-19H2,1-6H3/t20-,22+,24-,25-,26-,28-,29+,30-,31-,32-/m0/s1. The lowest BCUT2D eigenvalue weighted by Crippen LogP contribution is -2.53. The third kappa shape index (κ3) is 4.00. The van der Waals surface area contributed by atoms with Gasteiger partial charge in [-0.25, -0.2) is 0 Å². The van der Waals surface area contributed by atoms with Crippen LogP contribution in [0.2, 0.25) is 0 Å². The minimum atomic E-state index is -0.207. The molecule has 0 aromatic carbocycles. The fourth-order valence-electron chi connectivity index (χ4n) is 10.2. The number of ether oxygens (including phenoxy) is 1. The first kappa shape index (κ1) is 25.6. The number of piperidine rings is 1. The van der Waals surface area contributed by atoms with Crippen molar-refractivity contribution in [2.45, 2.75) is 109 Å². The van der Waals surface area contributed by atoms with Crippen molar-refractivity contribution in [1.29, 1.82) is 0 Å². The normalized spacial score (nSPS) is 48.9. The van der Waals surface area contributed by atoms with Gasteiger partial charge in [-0.1, -0.05) is 43.6 Å². The van der Waals surface area contributed by atoms with Gasteiger partial charge < -0.3 is 14.7 Å². The van der Waals surface area contributed by atoms with E-state index in [1.807, 2.05) is 5.57 Å². The van der Waals surface area contributed by atoms with Gasteiger partial charge in [0.05, 0.1) is 17.8 Å². The number of likely N-dealkylation sites (N-methyl/N-ethyl adjacent to an activating group) is 1. The molecule has 0 aromatic rings. The van der Waals surface area contributed by atoms with Crippen LogP contribution in [0, 0.1) is 35.0 Å². The number of likely N-dealkylation sites (tertiary alicyclic amines) is 1. The van der Waals surface area contributed by atoms with Gasteiger partial charge >= 0.3 is 0 Å². The Balaban J connectivity index is 1.26. The first-order valence-corrected chi connectivity index (χ1v) is 15.3. The predicted molar refractivity (Wildman–Crippen MR) is 147 cm³/mol. The number of nitrogens with zero attached hydrogens (tertiary/aromatic N) is 2. The van der Waals surface area contributed by atoms with Gasteiger partial charge in [0.25, 0.3) is 0 Å². The Labute approximate surface area is 220 Å². The topological polar surface area (TPSA) is 35.9 Å². The molecule has 0 amide bonds. The molecule has 1 spiro atoms. The molecule has 36 heavy (non-hydrogen) atoms. The fraction of sp³-hybridized carbons (Fsp3) is 0.875. The molecule has 4 aliphatic carbocycles. The van der Waals surface area contributed by atoms with Crippen molar-refractivity contribution in [3.05, 3.63) is 22.8 Å². The number of fused-ring (bicyclic) bond motifs is 6. The summed E-state index contributed by atoms with van der Waals surface area (Å²) in [4.78, 5) is 5.14. The van der Waals surface area contributed by atoms with E-state index < -0.39 is 0 Å². The van der Waals surface area contributed by atoms with Crippen molar-refractivity contribution in [2.24, 2.45) is 35.0 Å². The Morgan fingerprint density at radius 1 is 1.17 bits per heavy atom. The first-order chi connectivity index (χ1) is 17.1. The van der Waals surface area contributed by atoms with Crippen LogP contribution in [0.25, 0.3) is 0 Å². The van der Waals surface area contributed by atoms with E-state index in [0.717, 1.165) is 49.6 Å². The average molecular weight is 497 g/mol. The zero-order valence-electron chi connectivity index (χ0n) is 23.9. The molecule has 1 N–H and O–H groups in total. The lowest BCUT2D eigenvalue weighted by atomic mass is 9.56.